The third kappa shape index (κ3) is 4.52. The van der Waals surface area contributed by atoms with Gasteiger partial charge in [0.05, 0.1) is 22.5 Å². The van der Waals surface area contributed by atoms with Gasteiger partial charge in [-0.15, -0.1) is 5.10 Å². The molecule has 2 aromatic rings. The van der Waals surface area contributed by atoms with Gasteiger partial charge in [0.25, 0.3) is 0 Å². The molecule has 1 aliphatic rings. The van der Waals surface area contributed by atoms with Crippen molar-refractivity contribution in [3.05, 3.63) is 28.3 Å². The van der Waals surface area contributed by atoms with Crippen LogP contribution in [0.3, 0.4) is 0 Å². The van der Waals surface area contributed by atoms with E-state index in [1.54, 1.807) is 0 Å². The smallest absolute Gasteiger partial charge is 0.234 e. The molecule has 1 heterocycles. The number of nitrogens with zero attached hydrogens (tertiary/aromatic N) is 4. The van der Waals surface area contributed by atoms with Crippen LogP contribution in [0.25, 0.3) is 0 Å². The van der Waals surface area contributed by atoms with Crippen molar-refractivity contribution in [2.45, 2.75) is 57.1 Å². The molecule has 6 nitrogen and oxygen atoms in total. The molecule has 1 N–H and O–H groups in total. The molecular formula is C17H22ClN5OS. The van der Waals surface area contributed by atoms with E-state index in [-0.39, 0.29) is 11.7 Å². The lowest BCUT2D eigenvalue weighted by molar-refractivity contribution is -0.113. The number of rotatable bonds is 5. The van der Waals surface area contributed by atoms with E-state index in [4.69, 9.17) is 11.6 Å². The normalized spacial score (nSPS) is 15.3. The Morgan fingerprint density at radius 3 is 2.80 bits per heavy atom. The summed E-state index contributed by atoms with van der Waals surface area (Å²) in [6, 6.07) is 4.20. The fraction of sp³-hybridized carbons (Fsp3) is 0.529. The summed E-state index contributed by atoms with van der Waals surface area (Å²) in [6.07, 6.45) is 5.90. The number of nitrogens with one attached hydrogen (secondary N) is 1. The van der Waals surface area contributed by atoms with Gasteiger partial charge in [-0.2, -0.15) is 0 Å². The van der Waals surface area contributed by atoms with Crippen LogP contribution in [0, 0.1) is 13.8 Å². The first kappa shape index (κ1) is 18.2. The topological polar surface area (TPSA) is 72.7 Å². The zero-order chi connectivity index (χ0) is 17.8. The average Bonchev–Trinajstić information content (AvgIpc) is 3.05. The molecule has 0 saturated heterocycles. The molecule has 0 bridgehead atoms. The van der Waals surface area contributed by atoms with Gasteiger partial charge in [0.15, 0.2) is 0 Å². The van der Waals surface area contributed by atoms with E-state index in [0.29, 0.717) is 21.9 Å². The highest BCUT2D eigenvalue weighted by Gasteiger charge is 2.21. The zero-order valence-electron chi connectivity index (χ0n) is 14.5. The minimum Gasteiger partial charge on any atom is -0.324 e. The molecule has 25 heavy (non-hydrogen) atoms. The number of amides is 1. The highest BCUT2D eigenvalue weighted by Crippen LogP contribution is 2.31. The van der Waals surface area contributed by atoms with Crippen LogP contribution in [0.4, 0.5) is 5.69 Å². The fourth-order valence-corrected chi connectivity index (χ4v) is 4.33. The Morgan fingerprint density at radius 1 is 1.32 bits per heavy atom. The van der Waals surface area contributed by atoms with Gasteiger partial charge in [-0.3, -0.25) is 4.79 Å². The molecule has 3 rings (SSSR count). The Balaban J connectivity index is 1.61. The summed E-state index contributed by atoms with van der Waals surface area (Å²) < 4.78 is 1.88. The maximum Gasteiger partial charge on any atom is 0.234 e. The number of hydrogen-bond donors (Lipinski definition) is 1. The summed E-state index contributed by atoms with van der Waals surface area (Å²) in [5, 5.41) is 16.1. The number of anilines is 1. The zero-order valence-corrected chi connectivity index (χ0v) is 16.0. The van der Waals surface area contributed by atoms with Crippen molar-refractivity contribution in [2.24, 2.45) is 0 Å². The maximum atomic E-state index is 12.3. The summed E-state index contributed by atoms with van der Waals surface area (Å²) in [5.41, 5.74) is 2.70. The first-order valence-electron chi connectivity index (χ1n) is 8.52. The molecule has 0 spiro atoms. The highest BCUT2D eigenvalue weighted by atomic mass is 35.5. The second-order valence-electron chi connectivity index (χ2n) is 6.47. The van der Waals surface area contributed by atoms with Crippen molar-refractivity contribution in [3.63, 3.8) is 0 Å². The number of carbonyl (C=O) groups excluding carboxylic acids is 1. The summed E-state index contributed by atoms with van der Waals surface area (Å²) in [7, 11) is 0. The molecule has 0 unspecified atom stereocenters. The van der Waals surface area contributed by atoms with Crippen LogP contribution >= 0.6 is 23.4 Å². The Labute approximate surface area is 156 Å². The molecule has 8 heteroatoms. The number of carbonyl (C=O) groups is 1. The first-order valence-corrected chi connectivity index (χ1v) is 9.88. The summed E-state index contributed by atoms with van der Waals surface area (Å²) in [5.74, 6) is 0.133. The van der Waals surface area contributed by atoms with Gasteiger partial charge in [-0.1, -0.05) is 48.7 Å². The van der Waals surface area contributed by atoms with Crippen LogP contribution in [0.1, 0.15) is 49.3 Å². The van der Waals surface area contributed by atoms with Gasteiger partial charge >= 0.3 is 0 Å². The van der Waals surface area contributed by atoms with Crippen LogP contribution in [0.2, 0.25) is 5.02 Å². The van der Waals surface area contributed by atoms with Crippen LogP contribution in [-0.4, -0.2) is 31.9 Å². The van der Waals surface area contributed by atoms with Crippen molar-refractivity contribution >= 4 is 35.0 Å². The predicted octanol–water partition coefficient (Wildman–Crippen LogP) is 4.18. The summed E-state index contributed by atoms with van der Waals surface area (Å²) >= 11 is 7.61. The third-order valence-corrected chi connectivity index (χ3v) is 5.64. The SMILES string of the molecule is Cc1cc(C)c(NC(=O)CSc2nnnn2C2CCCCC2)c(Cl)c1. The first-order chi connectivity index (χ1) is 12.0. The van der Waals surface area contributed by atoms with Crippen molar-refractivity contribution in [2.75, 3.05) is 11.1 Å². The maximum absolute atomic E-state index is 12.3. The van der Waals surface area contributed by atoms with E-state index >= 15 is 0 Å². The van der Waals surface area contributed by atoms with Crippen LogP contribution < -0.4 is 5.32 Å². The number of hydrogen-bond acceptors (Lipinski definition) is 5. The van der Waals surface area contributed by atoms with E-state index in [9.17, 15) is 4.79 Å². The van der Waals surface area contributed by atoms with Gasteiger partial charge in [0, 0.05) is 0 Å². The van der Waals surface area contributed by atoms with Gasteiger partial charge in [0.1, 0.15) is 0 Å². The number of aromatic nitrogens is 4. The molecule has 1 amide bonds. The van der Waals surface area contributed by atoms with Crippen molar-refractivity contribution < 1.29 is 4.79 Å². The molecule has 1 aromatic carbocycles. The monoisotopic (exact) mass is 379 g/mol. The van der Waals surface area contributed by atoms with E-state index in [0.717, 1.165) is 24.0 Å². The summed E-state index contributed by atoms with van der Waals surface area (Å²) in [6.45, 7) is 3.91. The van der Waals surface area contributed by atoms with Crippen molar-refractivity contribution in [3.8, 4) is 0 Å². The largest absolute Gasteiger partial charge is 0.324 e. The molecular weight excluding hydrogens is 358 g/mol. The molecule has 0 radical (unpaired) electrons. The minimum atomic E-state index is -0.114. The van der Waals surface area contributed by atoms with Crippen molar-refractivity contribution in [1.82, 2.24) is 20.2 Å². The molecule has 0 aliphatic heterocycles. The Kier molecular flexibility index (Phi) is 5.96. The standard InChI is InChI=1S/C17H22ClN5OS/c1-11-8-12(2)16(14(18)9-11)19-15(24)10-25-17-20-21-22-23(17)13-6-4-3-5-7-13/h8-9,13H,3-7,10H2,1-2H3,(H,19,24). The highest BCUT2D eigenvalue weighted by molar-refractivity contribution is 7.99. The van der Waals surface area contributed by atoms with Crippen LogP contribution in [-0.2, 0) is 4.79 Å². The van der Waals surface area contributed by atoms with E-state index in [2.05, 4.69) is 20.8 Å². The second-order valence-corrected chi connectivity index (χ2v) is 7.82. The van der Waals surface area contributed by atoms with E-state index < -0.39 is 0 Å². The van der Waals surface area contributed by atoms with Crippen LogP contribution in [0.5, 0.6) is 0 Å². The van der Waals surface area contributed by atoms with Crippen molar-refractivity contribution in [1.29, 1.82) is 0 Å². The van der Waals surface area contributed by atoms with Gasteiger partial charge in [0.2, 0.25) is 11.1 Å². The quantitative estimate of drug-likeness (QED) is 0.789. The number of tetrazole rings is 1. The molecule has 1 fully saturated rings. The lowest BCUT2D eigenvalue weighted by atomic mass is 9.96. The number of aryl methyl sites for hydroxylation is 2. The second kappa shape index (κ2) is 8.19. The number of halogens is 1. The molecule has 1 aromatic heterocycles. The lowest BCUT2D eigenvalue weighted by Gasteiger charge is -2.21. The average molecular weight is 380 g/mol. The van der Waals surface area contributed by atoms with E-state index in [1.165, 1.54) is 31.0 Å². The van der Waals surface area contributed by atoms with Gasteiger partial charge < -0.3 is 5.32 Å². The van der Waals surface area contributed by atoms with Crippen LogP contribution in [0.15, 0.2) is 17.3 Å². The predicted molar refractivity (Wildman–Crippen MR) is 100 cm³/mol. The molecule has 134 valence electrons. The Morgan fingerprint density at radius 2 is 2.08 bits per heavy atom. The van der Waals surface area contributed by atoms with E-state index in [1.807, 2.05) is 30.7 Å². The Hall–Kier alpha value is -1.60. The number of benzene rings is 1. The Bertz CT molecular complexity index is 734. The molecule has 1 saturated carbocycles. The fourth-order valence-electron chi connectivity index (χ4n) is 3.21. The lowest BCUT2D eigenvalue weighted by Crippen LogP contribution is -2.18. The number of thioether (sulfide) groups is 1. The minimum absolute atomic E-state index is 0.114. The molecule has 1 aliphatic carbocycles. The molecule has 0 atom stereocenters. The van der Waals surface area contributed by atoms with Gasteiger partial charge in [-0.05, 0) is 54.3 Å². The van der Waals surface area contributed by atoms with Gasteiger partial charge in [-0.25, -0.2) is 4.68 Å². The third-order valence-electron chi connectivity index (χ3n) is 4.41. The summed E-state index contributed by atoms with van der Waals surface area (Å²) in [4.78, 5) is 12.3.